The number of carboxylic acid groups (broad SMARTS) is 4. The van der Waals surface area contributed by atoms with Crippen LogP contribution in [0, 0.1) is 0 Å². The molecular formula is C16H26N4O10. The number of hydrazine groups is 1. The highest BCUT2D eigenvalue weighted by atomic mass is 16.4. The van der Waals surface area contributed by atoms with Gasteiger partial charge in [0.1, 0.15) is 18.1 Å². The van der Waals surface area contributed by atoms with Gasteiger partial charge in [0.15, 0.2) is 0 Å². The van der Waals surface area contributed by atoms with Crippen molar-refractivity contribution in [3.05, 3.63) is 0 Å². The zero-order valence-corrected chi connectivity index (χ0v) is 16.2. The lowest BCUT2D eigenvalue weighted by Gasteiger charge is -2.21. The molecule has 0 heterocycles. The van der Waals surface area contributed by atoms with Crippen LogP contribution in [-0.2, 0) is 28.8 Å². The molecule has 14 nitrogen and oxygen atoms in total. The molecule has 0 radical (unpaired) electrons. The van der Waals surface area contributed by atoms with Gasteiger partial charge in [-0.15, -0.1) is 0 Å². The molecule has 0 spiro atoms. The summed E-state index contributed by atoms with van der Waals surface area (Å²) in [4.78, 5) is 67.7. The normalized spacial score (nSPS) is 13.5. The molecule has 0 bridgehead atoms. The lowest BCUT2D eigenvalue weighted by atomic mass is 10.1. The molecule has 2 amide bonds. The zero-order chi connectivity index (χ0) is 23.3. The lowest BCUT2D eigenvalue weighted by molar-refractivity contribution is -0.143. The van der Waals surface area contributed by atoms with E-state index < -0.39 is 66.7 Å². The van der Waals surface area contributed by atoms with Gasteiger partial charge in [-0.2, -0.15) is 0 Å². The fourth-order valence-corrected chi connectivity index (χ4v) is 2.31. The third-order valence-corrected chi connectivity index (χ3v) is 3.84. The molecule has 0 aliphatic rings. The number of hydrogen-bond donors (Lipinski definition) is 8. The Labute approximate surface area is 171 Å². The second-order valence-electron chi connectivity index (χ2n) is 6.21. The molecule has 170 valence electrons. The Bertz CT molecular complexity index is 654. The van der Waals surface area contributed by atoms with Gasteiger partial charge in [-0.1, -0.05) is 0 Å². The van der Waals surface area contributed by atoms with Crippen molar-refractivity contribution < 1.29 is 49.2 Å². The number of amides is 2. The largest absolute Gasteiger partial charge is 0.481 e. The summed E-state index contributed by atoms with van der Waals surface area (Å²) in [7, 11) is 1.42. The van der Waals surface area contributed by atoms with Crippen molar-refractivity contribution in [2.24, 2.45) is 0 Å². The molecule has 0 rings (SSSR count). The Kier molecular flexibility index (Phi) is 12.3. The molecule has 3 unspecified atom stereocenters. The number of carbonyl (C=O) groups excluding carboxylic acids is 2. The molecule has 14 heteroatoms. The highest BCUT2D eigenvalue weighted by molar-refractivity contribution is 5.88. The molecule has 0 fully saturated rings. The van der Waals surface area contributed by atoms with Gasteiger partial charge in [0.2, 0.25) is 11.8 Å². The fourth-order valence-electron chi connectivity index (χ4n) is 2.31. The molecule has 0 aromatic carbocycles. The smallest absolute Gasteiger partial charge is 0.326 e. The van der Waals surface area contributed by atoms with Crippen molar-refractivity contribution in [2.75, 3.05) is 7.05 Å². The molecule has 3 atom stereocenters. The minimum absolute atomic E-state index is 0.158. The Balaban J connectivity index is 4.84. The Morgan fingerprint density at radius 1 is 0.667 bits per heavy atom. The SMILES string of the molecule is CNNC(CCC(=O)NC(CCC(=O)O)C(=O)O)C(=O)NC(CCC(=O)O)C(=O)O. The average Bonchev–Trinajstić information content (AvgIpc) is 2.64. The molecular weight excluding hydrogens is 408 g/mol. The predicted molar refractivity (Wildman–Crippen MR) is 98.1 cm³/mol. The fraction of sp³-hybridized carbons (Fsp3) is 0.625. The minimum Gasteiger partial charge on any atom is -0.481 e. The van der Waals surface area contributed by atoms with E-state index in [1.165, 1.54) is 7.05 Å². The summed E-state index contributed by atoms with van der Waals surface area (Å²) >= 11 is 0. The number of carbonyl (C=O) groups is 6. The predicted octanol–water partition coefficient (Wildman–Crippen LogP) is -2.27. The highest BCUT2D eigenvalue weighted by Crippen LogP contribution is 2.04. The number of nitrogens with one attached hydrogen (secondary N) is 4. The second-order valence-corrected chi connectivity index (χ2v) is 6.21. The van der Waals surface area contributed by atoms with Crippen LogP contribution >= 0.6 is 0 Å². The summed E-state index contributed by atoms with van der Waals surface area (Å²) in [5, 5.41) is 39.7. The van der Waals surface area contributed by atoms with E-state index >= 15 is 0 Å². The van der Waals surface area contributed by atoms with Crippen LogP contribution in [0.2, 0.25) is 0 Å². The summed E-state index contributed by atoms with van der Waals surface area (Å²) in [5.74, 6) is -6.84. The van der Waals surface area contributed by atoms with E-state index in [4.69, 9.17) is 20.4 Å². The lowest BCUT2D eigenvalue weighted by Crippen LogP contribution is -2.53. The van der Waals surface area contributed by atoms with Crippen LogP contribution in [0.15, 0.2) is 0 Å². The highest BCUT2D eigenvalue weighted by Gasteiger charge is 2.27. The Morgan fingerprint density at radius 2 is 1.10 bits per heavy atom. The average molecular weight is 434 g/mol. The molecule has 0 saturated heterocycles. The summed E-state index contributed by atoms with van der Waals surface area (Å²) in [5.41, 5.74) is 4.99. The van der Waals surface area contributed by atoms with E-state index in [1.807, 2.05) is 0 Å². The molecule has 0 aromatic heterocycles. The van der Waals surface area contributed by atoms with Gasteiger partial charge in [0.05, 0.1) is 0 Å². The van der Waals surface area contributed by atoms with Gasteiger partial charge in [0.25, 0.3) is 0 Å². The van der Waals surface area contributed by atoms with Crippen LogP contribution in [0.4, 0.5) is 0 Å². The number of aliphatic carboxylic acids is 4. The summed E-state index contributed by atoms with van der Waals surface area (Å²) in [6, 6.07) is -3.95. The van der Waals surface area contributed by atoms with Gasteiger partial charge in [-0.3, -0.25) is 24.6 Å². The van der Waals surface area contributed by atoms with Crippen LogP contribution in [0.1, 0.15) is 38.5 Å². The van der Waals surface area contributed by atoms with Crippen molar-refractivity contribution in [1.29, 1.82) is 0 Å². The van der Waals surface area contributed by atoms with Gasteiger partial charge >= 0.3 is 23.9 Å². The van der Waals surface area contributed by atoms with Crippen LogP contribution < -0.4 is 21.5 Å². The quantitative estimate of drug-likeness (QED) is 0.120. The zero-order valence-electron chi connectivity index (χ0n) is 16.2. The van der Waals surface area contributed by atoms with Crippen molar-refractivity contribution in [1.82, 2.24) is 21.5 Å². The van der Waals surface area contributed by atoms with Gasteiger partial charge in [-0.25, -0.2) is 15.0 Å². The molecule has 0 aromatic rings. The molecule has 0 aliphatic heterocycles. The van der Waals surface area contributed by atoms with Gasteiger partial charge in [-0.05, 0) is 26.3 Å². The van der Waals surface area contributed by atoms with E-state index in [1.54, 1.807) is 0 Å². The molecule has 30 heavy (non-hydrogen) atoms. The van der Waals surface area contributed by atoms with Crippen molar-refractivity contribution >= 4 is 35.7 Å². The number of hydrogen-bond acceptors (Lipinski definition) is 8. The van der Waals surface area contributed by atoms with E-state index in [-0.39, 0.29) is 25.7 Å². The molecule has 8 N–H and O–H groups in total. The van der Waals surface area contributed by atoms with Crippen LogP contribution in [-0.4, -0.2) is 81.3 Å². The first-order valence-electron chi connectivity index (χ1n) is 8.89. The molecule has 0 aliphatic carbocycles. The van der Waals surface area contributed by atoms with Crippen molar-refractivity contribution in [3.63, 3.8) is 0 Å². The Hall–Kier alpha value is -3.26. The first-order chi connectivity index (χ1) is 14.0. The maximum Gasteiger partial charge on any atom is 0.326 e. The van der Waals surface area contributed by atoms with Gasteiger partial charge < -0.3 is 31.1 Å². The van der Waals surface area contributed by atoms with Crippen LogP contribution in [0.25, 0.3) is 0 Å². The standard InChI is InChI=1S/C16H26N4O10/c1-17-20-8(14(26)19-10(16(29)30)4-7-13(24)25)2-5-11(21)18-9(15(27)28)3-6-12(22)23/h8-10,17,20H,2-7H2,1H3,(H,18,21)(H,19,26)(H,22,23)(H,24,25)(H,27,28)(H,29,30). The summed E-state index contributed by atoms with van der Waals surface area (Å²) in [6.07, 6.45) is -2.08. The topological polar surface area (TPSA) is 231 Å². The second kappa shape index (κ2) is 13.8. The Morgan fingerprint density at radius 3 is 1.50 bits per heavy atom. The van der Waals surface area contributed by atoms with E-state index in [0.717, 1.165) is 0 Å². The van der Waals surface area contributed by atoms with Gasteiger partial charge in [0, 0.05) is 19.3 Å². The minimum atomic E-state index is -1.45. The van der Waals surface area contributed by atoms with Crippen molar-refractivity contribution in [3.8, 4) is 0 Å². The monoisotopic (exact) mass is 434 g/mol. The maximum atomic E-state index is 12.3. The third-order valence-electron chi connectivity index (χ3n) is 3.84. The van der Waals surface area contributed by atoms with E-state index in [2.05, 4.69) is 21.5 Å². The van der Waals surface area contributed by atoms with Crippen molar-refractivity contribution in [2.45, 2.75) is 56.7 Å². The summed E-state index contributed by atoms with van der Waals surface area (Å²) in [6.45, 7) is 0. The third kappa shape index (κ3) is 11.6. The first kappa shape index (κ1) is 26.7. The summed E-state index contributed by atoms with van der Waals surface area (Å²) < 4.78 is 0. The molecule has 0 saturated carbocycles. The maximum absolute atomic E-state index is 12.3. The van der Waals surface area contributed by atoms with E-state index in [9.17, 15) is 28.8 Å². The van der Waals surface area contributed by atoms with E-state index in [0.29, 0.717) is 0 Å². The number of carboxylic acids is 4. The number of rotatable bonds is 16. The van der Waals surface area contributed by atoms with Crippen LogP contribution in [0.5, 0.6) is 0 Å². The van der Waals surface area contributed by atoms with Crippen LogP contribution in [0.3, 0.4) is 0 Å². The first-order valence-corrected chi connectivity index (χ1v) is 8.89.